The van der Waals surface area contributed by atoms with Gasteiger partial charge in [-0.3, -0.25) is 0 Å². The summed E-state index contributed by atoms with van der Waals surface area (Å²) in [4.78, 5) is 0. The highest BCUT2D eigenvalue weighted by Crippen LogP contribution is 2.30. The van der Waals surface area contributed by atoms with Crippen molar-refractivity contribution in [2.24, 2.45) is 0 Å². The monoisotopic (exact) mass is 303 g/mol. The molecule has 1 aromatic carbocycles. The quantitative estimate of drug-likeness (QED) is 0.607. The fourth-order valence-corrected chi connectivity index (χ4v) is 2.81. The van der Waals surface area contributed by atoms with Crippen molar-refractivity contribution in [1.82, 2.24) is 5.10 Å². The van der Waals surface area contributed by atoms with Crippen LogP contribution in [0.3, 0.4) is 0 Å². The number of aromatic nitrogens is 2. The van der Waals surface area contributed by atoms with Gasteiger partial charge in [0.25, 0.3) is 5.01 Å². The van der Waals surface area contributed by atoms with Crippen LogP contribution in [0, 0.1) is 6.92 Å². The molecule has 110 valence electrons. The highest BCUT2D eigenvalue weighted by atomic mass is 32.1. The zero-order valence-electron chi connectivity index (χ0n) is 12.5. The molecule has 0 amide bonds. The Morgan fingerprint density at radius 1 is 1.24 bits per heavy atom. The van der Waals surface area contributed by atoms with Crippen molar-refractivity contribution in [2.45, 2.75) is 13.5 Å². The smallest absolute Gasteiger partial charge is 0.289 e. The summed E-state index contributed by atoms with van der Waals surface area (Å²) in [5, 5.41) is 6.52. The molecular weight excluding hydrogens is 284 g/mol. The molecular formula is C16H19N2O2S+. The number of aryl methyl sites for hydroxylation is 1. The fourth-order valence-electron chi connectivity index (χ4n) is 2.02. The van der Waals surface area contributed by atoms with Crippen LogP contribution in [0.5, 0.6) is 11.5 Å². The van der Waals surface area contributed by atoms with Gasteiger partial charge in [-0.15, -0.1) is 0 Å². The largest absolute Gasteiger partial charge is 0.496 e. The van der Waals surface area contributed by atoms with Gasteiger partial charge in [-0.25, -0.2) is 0 Å². The maximum atomic E-state index is 5.39. The number of methoxy groups -OCH3 is 2. The van der Waals surface area contributed by atoms with Gasteiger partial charge in [-0.2, -0.15) is 0 Å². The Kier molecular flexibility index (Phi) is 5.11. The molecule has 0 atom stereocenters. The molecule has 1 heterocycles. The van der Waals surface area contributed by atoms with Gasteiger partial charge in [0.05, 0.1) is 19.8 Å². The maximum absolute atomic E-state index is 5.39. The molecule has 0 unspecified atom stereocenters. The maximum Gasteiger partial charge on any atom is 0.289 e. The van der Waals surface area contributed by atoms with Gasteiger partial charge in [0, 0.05) is 11.2 Å². The Morgan fingerprint density at radius 2 is 1.90 bits per heavy atom. The Bertz CT molecular complexity index is 640. The third-order valence-corrected chi connectivity index (χ3v) is 3.86. The molecule has 2 rings (SSSR count). The average Bonchev–Trinajstić information content (AvgIpc) is 2.84. The van der Waals surface area contributed by atoms with E-state index in [-0.39, 0.29) is 0 Å². The summed E-state index contributed by atoms with van der Waals surface area (Å²) in [7, 11) is 3.31. The van der Waals surface area contributed by atoms with Crippen LogP contribution >= 0.6 is 11.3 Å². The van der Waals surface area contributed by atoms with Crippen LogP contribution in [0.15, 0.2) is 30.9 Å². The topological polar surface area (TPSA) is 35.2 Å². The number of allylic oxidation sites excluding steroid dienone is 1. The Labute approximate surface area is 129 Å². The van der Waals surface area contributed by atoms with E-state index in [2.05, 4.69) is 11.7 Å². The molecule has 0 aliphatic heterocycles. The first-order valence-corrected chi connectivity index (χ1v) is 7.38. The van der Waals surface area contributed by atoms with Crippen LogP contribution in [-0.2, 0) is 6.54 Å². The lowest BCUT2D eigenvalue weighted by molar-refractivity contribution is -0.741. The van der Waals surface area contributed by atoms with E-state index in [1.807, 2.05) is 48.0 Å². The summed E-state index contributed by atoms with van der Waals surface area (Å²) in [6.07, 6.45) is 5.85. The molecule has 0 radical (unpaired) electrons. The average molecular weight is 303 g/mol. The van der Waals surface area contributed by atoms with Crippen LogP contribution in [-0.4, -0.2) is 19.3 Å². The number of hydrogen-bond donors (Lipinski definition) is 0. The predicted molar refractivity (Wildman–Crippen MR) is 85.7 cm³/mol. The van der Waals surface area contributed by atoms with E-state index >= 15 is 0 Å². The normalized spacial score (nSPS) is 10.8. The second kappa shape index (κ2) is 7.04. The van der Waals surface area contributed by atoms with Gasteiger partial charge in [0.15, 0.2) is 11.6 Å². The number of nitrogens with zero attached hydrogens (tertiary/aromatic N) is 2. The van der Waals surface area contributed by atoms with Crippen molar-refractivity contribution in [3.05, 3.63) is 46.4 Å². The second-order valence-corrected chi connectivity index (χ2v) is 5.55. The van der Waals surface area contributed by atoms with Crippen molar-refractivity contribution < 1.29 is 14.2 Å². The highest BCUT2D eigenvalue weighted by Gasteiger charge is 2.14. The number of hydrogen-bond acceptors (Lipinski definition) is 4. The Hall–Kier alpha value is -2.14. The van der Waals surface area contributed by atoms with E-state index in [1.54, 1.807) is 25.6 Å². The first-order chi connectivity index (χ1) is 10.2. The lowest BCUT2D eigenvalue weighted by Crippen LogP contribution is -2.37. The number of rotatable bonds is 6. The molecule has 0 fully saturated rings. The van der Waals surface area contributed by atoms with Crippen molar-refractivity contribution in [2.75, 3.05) is 14.2 Å². The van der Waals surface area contributed by atoms with Crippen LogP contribution in [0.2, 0.25) is 0 Å². The molecule has 2 aromatic rings. The molecule has 0 spiro atoms. The third-order valence-electron chi connectivity index (χ3n) is 2.93. The van der Waals surface area contributed by atoms with Crippen LogP contribution < -0.4 is 14.2 Å². The van der Waals surface area contributed by atoms with E-state index in [1.165, 1.54) is 0 Å². The third kappa shape index (κ3) is 3.49. The predicted octanol–water partition coefficient (Wildman–Crippen LogP) is 3.11. The standard InChI is InChI=1S/C16H19N2O2S/c1-5-11-18-16(21-12(2)17-18)10-9-13-14(19-3)7-6-8-15(13)20-4/h5-10H,1,11H2,2-4H3/q+1. The molecule has 0 N–H and O–H groups in total. The lowest BCUT2D eigenvalue weighted by atomic mass is 10.1. The lowest BCUT2D eigenvalue weighted by Gasteiger charge is -2.09. The Balaban J connectivity index is 2.39. The van der Waals surface area contributed by atoms with Gasteiger partial charge in [-0.1, -0.05) is 17.3 Å². The zero-order chi connectivity index (χ0) is 15.2. The first-order valence-electron chi connectivity index (χ1n) is 6.57. The summed E-state index contributed by atoms with van der Waals surface area (Å²) in [5.41, 5.74) is 0.915. The molecule has 0 bridgehead atoms. The van der Waals surface area contributed by atoms with Gasteiger partial charge in [0.2, 0.25) is 0 Å². The first kappa shape index (κ1) is 15.3. The minimum atomic E-state index is 0.688. The minimum Gasteiger partial charge on any atom is -0.496 e. The SMILES string of the molecule is C=CC[n+]1nc(C)sc1C=Cc1c(OC)cccc1OC. The van der Waals surface area contributed by atoms with Crippen molar-refractivity contribution >= 4 is 23.5 Å². The molecule has 21 heavy (non-hydrogen) atoms. The van der Waals surface area contributed by atoms with Gasteiger partial charge in [-0.05, 0) is 42.5 Å². The van der Waals surface area contributed by atoms with E-state index in [9.17, 15) is 0 Å². The van der Waals surface area contributed by atoms with Crippen molar-refractivity contribution in [3.63, 3.8) is 0 Å². The van der Waals surface area contributed by atoms with E-state index in [4.69, 9.17) is 9.47 Å². The molecule has 1 aromatic heterocycles. The van der Waals surface area contributed by atoms with Crippen LogP contribution in [0.1, 0.15) is 15.6 Å². The molecule has 0 aliphatic carbocycles. The second-order valence-electron chi connectivity index (χ2n) is 4.34. The van der Waals surface area contributed by atoms with Gasteiger partial charge < -0.3 is 9.47 Å². The summed E-state index contributed by atoms with van der Waals surface area (Å²) in [6, 6.07) is 5.74. The molecule has 0 saturated heterocycles. The molecule has 0 aliphatic rings. The number of benzene rings is 1. The summed E-state index contributed by atoms with van der Waals surface area (Å²) >= 11 is 1.64. The minimum absolute atomic E-state index is 0.688. The van der Waals surface area contributed by atoms with E-state index < -0.39 is 0 Å². The Morgan fingerprint density at radius 3 is 2.48 bits per heavy atom. The summed E-state index contributed by atoms with van der Waals surface area (Å²) in [5.74, 6) is 1.56. The van der Waals surface area contributed by atoms with Crippen molar-refractivity contribution in [3.8, 4) is 11.5 Å². The van der Waals surface area contributed by atoms with Gasteiger partial charge >= 0.3 is 0 Å². The number of ether oxygens (including phenoxy) is 2. The van der Waals surface area contributed by atoms with Gasteiger partial charge in [0.1, 0.15) is 11.5 Å². The van der Waals surface area contributed by atoms with Crippen LogP contribution in [0.25, 0.3) is 12.2 Å². The zero-order valence-corrected chi connectivity index (χ0v) is 13.3. The molecule has 0 saturated carbocycles. The summed E-state index contributed by atoms with van der Waals surface area (Å²) in [6.45, 7) is 6.44. The summed E-state index contributed by atoms with van der Waals surface area (Å²) < 4.78 is 12.7. The molecule has 5 heteroatoms. The van der Waals surface area contributed by atoms with Crippen molar-refractivity contribution in [1.29, 1.82) is 0 Å². The highest BCUT2D eigenvalue weighted by molar-refractivity contribution is 7.11. The van der Waals surface area contributed by atoms with E-state index in [0.717, 1.165) is 27.1 Å². The van der Waals surface area contributed by atoms with E-state index in [0.29, 0.717) is 6.54 Å². The molecule has 4 nitrogen and oxygen atoms in total. The fraction of sp³-hybridized carbons (Fsp3) is 0.250. The van der Waals surface area contributed by atoms with Crippen LogP contribution in [0.4, 0.5) is 0 Å².